The van der Waals surface area contributed by atoms with Gasteiger partial charge >= 0.3 is 0 Å². The molecule has 2 N–H and O–H groups in total. The molecule has 1 heterocycles. The van der Waals surface area contributed by atoms with Crippen LogP contribution < -0.4 is 5.73 Å². The van der Waals surface area contributed by atoms with E-state index in [1.165, 1.54) is 4.90 Å². The lowest BCUT2D eigenvalue weighted by Gasteiger charge is -2.14. The highest BCUT2D eigenvalue weighted by atomic mass is 79.9. The quantitative estimate of drug-likeness (QED) is 0.654. The van der Waals surface area contributed by atoms with Gasteiger partial charge in [0.05, 0.1) is 28.4 Å². The Hall–Kier alpha value is -1.85. The third kappa shape index (κ3) is 2.43. The van der Waals surface area contributed by atoms with Gasteiger partial charge in [0.1, 0.15) is 0 Å². The zero-order chi connectivity index (χ0) is 15.1. The first-order valence-corrected chi connectivity index (χ1v) is 7.34. The van der Waals surface area contributed by atoms with Gasteiger partial charge in [0.25, 0.3) is 11.8 Å². The van der Waals surface area contributed by atoms with Crippen LogP contribution in [0.15, 0.2) is 40.9 Å². The van der Waals surface area contributed by atoms with E-state index >= 15 is 0 Å². The van der Waals surface area contributed by atoms with Gasteiger partial charge in [-0.15, -0.1) is 0 Å². The van der Waals surface area contributed by atoms with Crippen LogP contribution >= 0.6 is 27.5 Å². The van der Waals surface area contributed by atoms with Crippen LogP contribution in [-0.2, 0) is 6.54 Å². The summed E-state index contributed by atoms with van der Waals surface area (Å²) in [6.45, 7) is 0.172. The van der Waals surface area contributed by atoms with E-state index in [4.69, 9.17) is 17.3 Å². The molecular formula is C15H10BrClN2O2. The van der Waals surface area contributed by atoms with Gasteiger partial charge in [0.15, 0.2) is 0 Å². The number of carbonyl (C=O) groups excluding carboxylic acids is 2. The lowest BCUT2D eigenvalue weighted by molar-refractivity contribution is 0.0642. The predicted molar refractivity (Wildman–Crippen MR) is 84.2 cm³/mol. The van der Waals surface area contributed by atoms with Crippen molar-refractivity contribution >= 4 is 45.0 Å². The highest BCUT2D eigenvalue weighted by Gasteiger charge is 2.35. The molecule has 0 saturated carbocycles. The second-order valence-corrected chi connectivity index (χ2v) is 6.07. The van der Waals surface area contributed by atoms with E-state index in [0.717, 1.165) is 10.0 Å². The number of imide groups is 1. The van der Waals surface area contributed by atoms with Crippen molar-refractivity contribution in [1.29, 1.82) is 0 Å². The number of carbonyl (C=O) groups is 2. The summed E-state index contributed by atoms with van der Waals surface area (Å²) < 4.78 is 0.764. The molecular weight excluding hydrogens is 356 g/mol. The summed E-state index contributed by atoms with van der Waals surface area (Å²) in [7, 11) is 0. The number of anilines is 1. The fourth-order valence-corrected chi connectivity index (χ4v) is 2.76. The van der Waals surface area contributed by atoms with Gasteiger partial charge < -0.3 is 5.73 Å². The average Bonchev–Trinajstić information content (AvgIpc) is 2.68. The van der Waals surface area contributed by atoms with Crippen molar-refractivity contribution in [3.8, 4) is 0 Å². The molecule has 2 aromatic rings. The van der Waals surface area contributed by atoms with Crippen LogP contribution in [0.3, 0.4) is 0 Å². The number of nitrogens with zero attached hydrogens (tertiary/aromatic N) is 1. The van der Waals surface area contributed by atoms with Gasteiger partial charge in [-0.05, 0) is 35.9 Å². The van der Waals surface area contributed by atoms with Gasteiger partial charge in [0.2, 0.25) is 0 Å². The summed E-state index contributed by atoms with van der Waals surface area (Å²) >= 11 is 9.17. The van der Waals surface area contributed by atoms with E-state index in [0.29, 0.717) is 21.8 Å². The maximum absolute atomic E-state index is 12.3. The summed E-state index contributed by atoms with van der Waals surface area (Å²) in [6, 6.07) is 10.1. The van der Waals surface area contributed by atoms with Crippen LogP contribution in [0, 0.1) is 0 Å². The lowest BCUT2D eigenvalue weighted by Crippen LogP contribution is -2.29. The Morgan fingerprint density at radius 1 is 1.05 bits per heavy atom. The molecule has 0 saturated heterocycles. The largest absolute Gasteiger partial charge is 0.398 e. The smallest absolute Gasteiger partial charge is 0.261 e. The first-order chi connectivity index (χ1) is 9.97. The Bertz CT molecular complexity index is 776. The van der Waals surface area contributed by atoms with Gasteiger partial charge in [-0.1, -0.05) is 33.6 Å². The van der Waals surface area contributed by atoms with Gasteiger partial charge in [-0.3, -0.25) is 14.5 Å². The standard InChI is InChI=1S/C15H10BrClN2O2/c16-9-2-3-10-11(6-9)15(21)19(14(10)20)7-8-1-4-12(17)13(18)5-8/h1-6H,7,18H2. The van der Waals surface area contributed by atoms with Crippen molar-refractivity contribution in [2.45, 2.75) is 6.54 Å². The molecule has 0 unspecified atom stereocenters. The maximum atomic E-state index is 12.3. The van der Waals surface area contributed by atoms with E-state index in [2.05, 4.69) is 15.9 Å². The Kier molecular flexibility index (Phi) is 3.47. The van der Waals surface area contributed by atoms with Crippen LogP contribution in [0.1, 0.15) is 26.3 Å². The fourth-order valence-electron chi connectivity index (χ4n) is 2.28. The van der Waals surface area contributed by atoms with E-state index in [9.17, 15) is 9.59 Å². The zero-order valence-electron chi connectivity index (χ0n) is 10.8. The number of rotatable bonds is 2. The number of nitrogen functional groups attached to an aromatic ring is 1. The first-order valence-electron chi connectivity index (χ1n) is 6.17. The minimum absolute atomic E-state index is 0.172. The van der Waals surface area contributed by atoms with Crippen LogP contribution in [0.2, 0.25) is 5.02 Å². The molecule has 2 amide bonds. The summed E-state index contributed by atoms with van der Waals surface area (Å²) in [5.41, 5.74) is 7.76. The van der Waals surface area contributed by atoms with Crippen LogP contribution in [-0.4, -0.2) is 16.7 Å². The van der Waals surface area contributed by atoms with E-state index in [1.807, 2.05) is 0 Å². The van der Waals surface area contributed by atoms with Crippen molar-refractivity contribution in [3.05, 3.63) is 62.6 Å². The van der Waals surface area contributed by atoms with Crippen molar-refractivity contribution in [2.75, 3.05) is 5.73 Å². The highest BCUT2D eigenvalue weighted by Crippen LogP contribution is 2.28. The number of fused-ring (bicyclic) bond motifs is 1. The first kappa shape index (κ1) is 14.1. The number of benzene rings is 2. The average molecular weight is 366 g/mol. The van der Waals surface area contributed by atoms with Crippen molar-refractivity contribution in [3.63, 3.8) is 0 Å². The SMILES string of the molecule is Nc1cc(CN2C(=O)c3ccc(Br)cc3C2=O)ccc1Cl. The second kappa shape index (κ2) is 5.16. The van der Waals surface area contributed by atoms with Crippen LogP contribution in [0.5, 0.6) is 0 Å². The molecule has 0 radical (unpaired) electrons. The monoisotopic (exact) mass is 364 g/mol. The molecule has 21 heavy (non-hydrogen) atoms. The highest BCUT2D eigenvalue weighted by molar-refractivity contribution is 9.10. The molecule has 0 aliphatic carbocycles. The summed E-state index contributed by atoms with van der Waals surface area (Å²) in [4.78, 5) is 25.9. The number of halogens is 2. The third-order valence-corrected chi connectivity index (χ3v) is 4.17. The summed E-state index contributed by atoms with van der Waals surface area (Å²) in [5, 5.41) is 0.449. The van der Waals surface area contributed by atoms with Gasteiger partial charge in [-0.25, -0.2) is 0 Å². The second-order valence-electron chi connectivity index (χ2n) is 4.74. The molecule has 4 nitrogen and oxygen atoms in total. The van der Waals surface area contributed by atoms with E-state index in [1.54, 1.807) is 36.4 Å². The molecule has 0 atom stereocenters. The number of hydrogen-bond acceptors (Lipinski definition) is 3. The third-order valence-electron chi connectivity index (χ3n) is 3.33. The maximum Gasteiger partial charge on any atom is 0.261 e. The Labute approximate surface area is 134 Å². The van der Waals surface area contributed by atoms with Crippen molar-refractivity contribution in [2.24, 2.45) is 0 Å². The Morgan fingerprint density at radius 3 is 2.48 bits per heavy atom. The number of amides is 2. The van der Waals surface area contributed by atoms with E-state index < -0.39 is 0 Å². The molecule has 0 bridgehead atoms. The molecule has 0 aromatic heterocycles. The van der Waals surface area contributed by atoms with Crippen LogP contribution in [0.25, 0.3) is 0 Å². The molecule has 6 heteroatoms. The molecule has 0 spiro atoms. The van der Waals surface area contributed by atoms with Crippen molar-refractivity contribution in [1.82, 2.24) is 4.90 Å². The summed E-state index contributed by atoms with van der Waals surface area (Å²) in [5.74, 6) is -0.596. The fraction of sp³-hybridized carbons (Fsp3) is 0.0667. The normalized spacial score (nSPS) is 13.7. The predicted octanol–water partition coefficient (Wildman–Crippen LogP) is 3.48. The molecule has 2 aromatic carbocycles. The lowest BCUT2D eigenvalue weighted by atomic mass is 10.1. The minimum Gasteiger partial charge on any atom is -0.398 e. The topological polar surface area (TPSA) is 63.4 Å². The minimum atomic E-state index is -0.301. The Morgan fingerprint density at radius 2 is 1.76 bits per heavy atom. The summed E-state index contributed by atoms with van der Waals surface area (Å²) in [6.07, 6.45) is 0. The zero-order valence-corrected chi connectivity index (χ0v) is 13.1. The number of hydrogen-bond donors (Lipinski definition) is 1. The molecule has 1 aliphatic heterocycles. The van der Waals surface area contributed by atoms with Crippen molar-refractivity contribution < 1.29 is 9.59 Å². The van der Waals surface area contributed by atoms with Gasteiger partial charge in [0, 0.05) is 4.47 Å². The molecule has 106 valence electrons. The van der Waals surface area contributed by atoms with Crippen LogP contribution in [0.4, 0.5) is 5.69 Å². The van der Waals surface area contributed by atoms with E-state index in [-0.39, 0.29) is 18.4 Å². The Balaban J connectivity index is 1.93. The molecule has 3 rings (SSSR count). The molecule has 0 fully saturated rings. The molecule has 1 aliphatic rings. The van der Waals surface area contributed by atoms with Gasteiger partial charge in [-0.2, -0.15) is 0 Å². The number of nitrogens with two attached hydrogens (primary N) is 1.